The molecule has 0 bridgehead atoms. The third-order valence-electron chi connectivity index (χ3n) is 4.11. The Balaban J connectivity index is 1.63. The van der Waals surface area contributed by atoms with Crippen molar-refractivity contribution < 1.29 is 19.1 Å². The number of carbonyl (C=O) groups excluding carboxylic acids is 2. The van der Waals surface area contributed by atoms with Gasteiger partial charge in [-0.25, -0.2) is 10.2 Å². The molecule has 0 aliphatic rings. The third kappa shape index (κ3) is 6.29. The highest BCUT2D eigenvalue weighted by Crippen LogP contribution is 2.28. The van der Waals surface area contributed by atoms with Crippen molar-refractivity contribution in [3.05, 3.63) is 101 Å². The van der Waals surface area contributed by atoms with E-state index in [2.05, 4.69) is 10.5 Å². The van der Waals surface area contributed by atoms with Crippen molar-refractivity contribution in [1.29, 1.82) is 0 Å². The van der Waals surface area contributed by atoms with E-state index >= 15 is 0 Å². The van der Waals surface area contributed by atoms with Crippen LogP contribution in [0.15, 0.2) is 84.0 Å². The number of rotatable bonds is 7. The molecule has 0 spiro atoms. The number of carbonyl (C=O) groups is 2. The van der Waals surface area contributed by atoms with Crippen LogP contribution in [0.4, 0.5) is 0 Å². The number of esters is 1. The van der Waals surface area contributed by atoms with Crippen molar-refractivity contribution in [2.24, 2.45) is 5.10 Å². The van der Waals surface area contributed by atoms with Crippen LogP contribution in [-0.4, -0.2) is 25.2 Å². The highest BCUT2D eigenvalue weighted by Gasteiger charge is 2.10. The molecule has 1 N–H and O–H groups in total. The number of nitrogens with one attached hydrogen (secondary N) is 1. The number of nitrogens with zero attached hydrogens (tertiary/aromatic N) is 1. The molecule has 0 fully saturated rings. The topological polar surface area (TPSA) is 77.0 Å². The number of benzene rings is 3. The van der Waals surface area contributed by atoms with Crippen molar-refractivity contribution >= 4 is 35.8 Å². The molecule has 156 valence electrons. The first-order valence-corrected chi connectivity index (χ1v) is 9.65. The monoisotopic (exact) mass is 434 g/mol. The molecule has 0 unspecified atom stereocenters. The van der Waals surface area contributed by atoms with Crippen molar-refractivity contribution in [3.8, 4) is 11.5 Å². The van der Waals surface area contributed by atoms with E-state index in [4.69, 9.17) is 21.1 Å². The molecule has 31 heavy (non-hydrogen) atoms. The molecule has 0 aliphatic carbocycles. The molecule has 6 nitrogen and oxygen atoms in total. The second-order valence-electron chi connectivity index (χ2n) is 6.25. The van der Waals surface area contributed by atoms with Gasteiger partial charge >= 0.3 is 5.97 Å². The van der Waals surface area contributed by atoms with Gasteiger partial charge in [-0.05, 0) is 47.5 Å². The van der Waals surface area contributed by atoms with E-state index < -0.39 is 11.9 Å². The molecule has 7 heteroatoms. The zero-order chi connectivity index (χ0) is 22.1. The van der Waals surface area contributed by atoms with Gasteiger partial charge in [-0.3, -0.25) is 4.79 Å². The van der Waals surface area contributed by atoms with Crippen LogP contribution < -0.4 is 14.9 Å². The molecule has 0 saturated carbocycles. The number of amides is 1. The summed E-state index contributed by atoms with van der Waals surface area (Å²) in [5.41, 5.74) is 4.26. The number of methoxy groups -OCH3 is 1. The lowest BCUT2D eigenvalue weighted by molar-refractivity contribution is -0.129. The SMILES string of the molecule is COc1cc(C=NNC(=O)c2ccccc2Cl)ccc1OC(=O)C=Cc1ccccc1. The molecule has 3 rings (SSSR count). The molecular weight excluding hydrogens is 416 g/mol. The minimum Gasteiger partial charge on any atom is -0.493 e. The molecule has 0 heterocycles. The van der Waals surface area contributed by atoms with E-state index in [1.54, 1.807) is 48.5 Å². The Bertz CT molecular complexity index is 1130. The van der Waals surface area contributed by atoms with E-state index in [1.165, 1.54) is 19.4 Å². The van der Waals surface area contributed by atoms with E-state index in [1.807, 2.05) is 30.3 Å². The van der Waals surface area contributed by atoms with Crippen molar-refractivity contribution in [2.75, 3.05) is 7.11 Å². The molecular formula is C24H19ClN2O4. The Hall–Kier alpha value is -3.90. The minimum absolute atomic E-state index is 0.266. The molecule has 0 aromatic heterocycles. The first-order chi connectivity index (χ1) is 15.1. The van der Waals surface area contributed by atoms with Crippen LogP contribution in [0.2, 0.25) is 5.02 Å². The Morgan fingerprint density at radius 2 is 1.68 bits per heavy atom. The summed E-state index contributed by atoms with van der Waals surface area (Å²) in [6.45, 7) is 0. The summed E-state index contributed by atoms with van der Waals surface area (Å²) < 4.78 is 10.6. The van der Waals surface area contributed by atoms with E-state index in [0.717, 1.165) is 5.56 Å². The second-order valence-corrected chi connectivity index (χ2v) is 6.66. The Kier molecular flexibility index (Phi) is 7.56. The summed E-state index contributed by atoms with van der Waals surface area (Å²) in [6, 6.07) is 21.0. The highest BCUT2D eigenvalue weighted by molar-refractivity contribution is 6.33. The predicted octanol–water partition coefficient (Wildman–Crippen LogP) is 4.73. The fourth-order valence-corrected chi connectivity index (χ4v) is 2.81. The highest BCUT2D eigenvalue weighted by atomic mass is 35.5. The molecule has 1 amide bonds. The van der Waals surface area contributed by atoms with Gasteiger partial charge < -0.3 is 9.47 Å². The first-order valence-electron chi connectivity index (χ1n) is 9.28. The summed E-state index contributed by atoms with van der Waals surface area (Å²) in [7, 11) is 1.46. The summed E-state index contributed by atoms with van der Waals surface area (Å²) in [6.07, 6.45) is 4.45. The van der Waals surface area contributed by atoms with Crippen LogP contribution in [0.3, 0.4) is 0 Å². The maximum absolute atomic E-state index is 12.1. The predicted molar refractivity (Wildman–Crippen MR) is 121 cm³/mol. The second kappa shape index (κ2) is 10.8. The molecule has 3 aromatic rings. The van der Waals surface area contributed by atoms with Gasteiger partial charge in [-0.2, -0.15) is 5.10 Å². The van der Waals surface area contributed by atoms with Crippen LogP contribution in [0.5, 0.6) is 11.5 Å². The number of ether oxygens (including phenoxy) is 2. The average molecular weight is 435 g/mol. The van der Waals surface area contributed by atoms with Gasteiger partial charge in [-0.15, -0.1) is 0 Å². The first kappa shape index (κ1) is 21.8. The summed E-state index contributed by atoms with van der Waals surface area (Å²) in [5, 5.41) is 4.27. The number of hydrazone groups is 1. The van der Waals surface area contributed by atoms with E-state index in [-0.39, 0.29) is 5.75 Å². The van der Waals surface area contributed by atoms with Gasteiger partial charge in [-0.1, -0.05) is 54.1 Å². The van der Waals surface area contributed by atoms with Gasteiger partial charge in [0, 0.05) is 6.08 Å². The van der Waals surface area contributed by atoms with Gasteiger partial charge in [0.2, 0.25) is 0 Å². The van der Waals surface area contributed by atoms with Gasteiger partial charge in [0.15, 0.2) is 11.5 Å². The van der Waals surface area contributed by atoms with Gasteiger partial charge in [0.1, 0.15) is 0 Å². The van der Waals surface area contributed by atoms with Crippen molar-refractivity contribution in [1.82, 2.24) is 5.43 Å². The quantitative estimate of drug-likeness (QED) is 0.192. The Labute approximate surface area is 184 Å². The fraction of sp³-hybridized carbons (Fsp3) is 0.0417. The zero-order valence-electron chi connectivity index (χ0n) is 16.6. The van der Waals surface area contributed by atoms with E-state index in [9.17, 15) is 9.59 Å². The molecule has 0 atom stereocenters. The normalized spacial score (nSPS) is 10.9. The number of hydrogen-bond acceptors (Lipinski definition) is 5. The van der Waals surface area contributed by atoms with Crippen LogP contribution in [-0.2, 0) is 4.79 Å². The Morgan fingerprint density at radius 1 is 0.935 bits per heavy atom. The third-order valence-corrected chi connectivity index (χ3v) is 4.44. The molecule has 0 radical (unpaired) electrons. The van der Waals surface area contributed by atoms with Gasteiger partial charge in [0.05, 0.1) is 23.9 Å². The number of hydrogen-bond donors (Lipinski definition) is 1. The fourth-order valence-electron chi connectivity index (χ4n) is 2.59. The minimum atomic E-state index is -0.532. The standard InChI is InChI=1S/C24H19ClN2O4/c1-30-22-15-18(16-26-27-24(29)19-9-5-6-10-20(19)25)11-13-21(22)31-23(28)14-12-17-7-3-2-4-8-17/h2-16H,1H3,(H,27,29). The maximum atomic E-state index is 12.1. The maximum Gasteiger partial charge on any atom is 0.336 e. The smallest absolute Gasteiger partial charge is 0.336 e. The summed E-state index contributed by atoms with van der Waals surface area (Å²) in [5.74, 6) is -0.342. The lowest BCUT2D eigenvalue weighted by Crippen LogP contribution is -2.17. The molecule has 3 aromatic carbocycles. The van der Waals surface area contributed by atoms with E-state index in [0.29, 0.717) is 21.9 Å². The van der Waals surface area contributed by atoms with Crippen LogP contribution >= 0.6 is 11.6 Å². The Morgan fingerprint density at radius 3 is 2.42 bits per heavy atom. The summed E-state index contributed by atoms with van der Waals surface area (Å²) in [4.78, 5) is 24.2. The lowest BCUT2D eigenvalue weighted by Gasteiger charge is -2.08. The summed E-state index contributed by atoms with van der Waals surface area (Å²) >= 11 is 6.00. The van der Waals surface area contributed by atoms with Crippen LogP contribution in [0.1, 0.15) is 21.5 Å². The van der Waals surface area contributed by atoms with Gasteiger partial charge in [0.25, 0.3) is 5.91 Å². The lowest BCUT2D eigenvalue weighted by atomic mass is 10.2. The molecule has 0 aliphatic heterocycles. The average Bonchev–Trinajstić information content (AvgIpc) is 2.79. The zero-order valence-corrected chi connectivity index (χ0v) is 17.4. The molecule has 0 saturated heterocycles. The number of halogens is 1. The van der Waals surface area contributed by atoms with Crippen molar-refractivity contribution in [2.45, 2.75) is 0 Å². The largest absolute Gasteiger partial charge is 0.493 e. The van der Waals surface area contributed by atoms with Crippen LogP contribution in [0, 0.1) is 0 Å². The van der Waals surface area contributed by atoms with Crippen LogP contribution in [0.25, 0.3) is 6.08 Å². The van der Waals surface area contributed by atoms with Crippen molar-refractivity contribution in [3.63, 3.8) is 0 Å².